The number of hydrogen-bond donors (Lipinski definition) is 2. The summed E-state index contributed by atoms with van der Waals surface area (Å²) in [6.45, 7) is 0. The Morgan fingerprint density at radius 2 is 1.38 bits per heavy atom. The maximum atomic E-state index is 13.4. The van der Waals surface area contributed by atoms with Crippen molar-refractivity contribution < 1.29 is 19.1 Å². The number of methoxy groups -OCH3 is 2. The topological polar surface area (TPSA) is 76.7 Å². The van der Waals surface area contributed by atoms with Crippen molar-refractivity contribution in [2.45, 2.75) is 43.9 Å². The second-order valence-electron chi connectivity index (χ2n) is 9.89. The molecule has 2 unspecified atom stereocenters. The van der Waals surface area contributed by atoms with Gasteiger partial charge in [0.2, 0.25) is 5.91 Å². The Hall–Kier alpha value is -3.02. The van der Waals surface area contributed by atoms with E-state index in [2.05, 4.69) is 23.0 Å². The molecule has 6 nitrogen and oxygen atoms in total. The molecule has 2 aromatic rings. The van der Waals surface area contributed by atoms with Crippen LogP contribution < -0.4 is 20.3 Å². The number of nitrogens with one attached hydrogen (secondary N) is 2. The van der Waals surface area contributed by atoms with Crippen LogP contribution in [0.2, 0.25) is 0 Å². The van der Waals surface area contributed by atoms with E-state index in [-0.39, 0.29) is 17.2 Å². The molecule has 6 rings (SSSR count). The first-order valence-corrected chi connectivity index (χ1v) is 11.3. The summed E-state index contributed by atoms with van der Waals surface area (Å²) >= 11 is 0. The normalized spacial score (nSPS) is 29.9. The number of carbonyl (C=O) groups excluding carboxylic acids is 2. The Morgan fingerprint density at radius 1 is 0.812 bits per heavy atom. The van der Waals surface area contributed by atoms with Crippen molar-refractivity contribution in [3.63, 3.8) is 0 Å². The molecule has 0 aliphatic heterocycles. The lowest BCUT2D eigenvalue weighted by Gasteiger charge is -2.61. The molecule has 0 heterocycles. The van der Waals surface area contributed by atoms with Gasteiger partial charge < -0.3 is 9.47 Å². The molecule has 0 aromatic heterocycles. The molecule has 2 atom stereocenters. The van der Waals surface area contributed by atoms with Gasteiger partial charge in [0.05, 0.1) is 19.6 Å². The summed E-state index contributed by atoms with van der Waals surface area (Å²) < 4.78 is 10.5. The molecule has 4 aliphatic carbocycles. The van der Waals surface area contributed by atoms with Crippen LogP contribution in [0.3, 0.4) is 0 Å². The summed E-state index contributed by atoms with van der Waals surface area (Å²) in [5.74, 6) is 2.28. The number of hydrazine groups is 1. The van der Waals surface area contributed by atoms with E-state index in [4.69, 9.17) is 9.47 Å². The molecule has 0 saturated heterocycles. The highest BCUT2D eigenvalue weighted by molar-refractivity contribution is 5.96. The summed E-state index contributed by atoms with van der Waals surface area (Å²) in [5, 5.41) is 0. The van der Waals surface area contributed by atoms with Crippen LogP contribution in [-0.4, -0.2) is 26.0 Å². The summed E-state index contributed by atoms with van der Waals surface area (Å²) in [4.78, 5) is 26.0. The molecule has 4 fully saturated rings. The number of amides is 2. The lowest BCUT2D eigenvalue weighted by Crippen LogP contribution is -2.60. The monoisotopic (exact) mass is 434 g/mol. The number of benzene rings is 2. The van der Waals surface area contributed by atoms with Gasteiger partial charge >= 0.3 is 0 Å². The van der Waals surface area contributed by atoms with Gasteiger partial charge in [-0.1, -0.05) is 12.1 Å². The van der Waals surface area contributed by atoms with Crippen LogP contribution in [0.15, 0.2) is 48.5 Å². The summed E-state index contributed by atoms with van der Waals surface area (Å²) in [6.07, 6.45) is 6.15. The Labute approximate surface area is 188 Å². The molecule has 4 aliphatic rings. The fraction of sp³-hybridized carbons (Fsp3) is 0.462. The number of carbonyl (C=O) groups is 2. The van der Waals surface area contributed by atoms with E-state index >= 15 is 0 Å². The van der Waals surface area contributed by atoms with Crippen molar-refractivity contribution in [1.29, 1.82) is 0 Å². The van der Waals surface area contributed by atoms with Crippen LogP contribution in [-0.2, 0) is 10.2 Å². The Morgan fingerprint density at radius 3 is 1.94 bits per heavy atom. The van der Waals surface area contributed by atoms with Gasteiger partial charge in [-0.05, 0) is 97.7 Å². The molecule has 0 spiro atoms. The van der Waals surface area contributed by atoms with Crippen LogP contribution in [0.25, 0.3) is 0 Å². The van der Waals surface area contributed by atoms with E-state index in [0.29, 0.717) is 23.1 Å². The fourth-order valence-corrected chi connectivity index (χ4v) is 6.87. The molecule has 2 amide bonds. The van der Waals surface area contributed by atoms with Gasteiger partial charge in [0, 0.05) is 5.56 Å². The summed E-state index contributed by atoms with van der Waals surface area (Å²) in [6, 6.07) is 15.2. The zero-order valence-electron chi connectivity index (χ0n) is 18.6. The third-order valence-corrected chi connectivity index (χ3v) is 7.89. The zero-order valence-corrected chi connectivity index (χ0v) is 18.6. The first-order valence-electron chi connectivity index (χ1n) is 11.3. The van der Waals surface area contributed by atoms with E-state index in [1.54, 1.807) is 38.5 Å². The smallest absolute Gasteiger partial charge is 0.269 e. The molecular weight excluding hydrogens is 404 g/mol. The summed E-state index contributed by atoms with van der Waals surface area (Å²) in [7, 11) is 3.26. The van der Waals surface area contributed by atoms with E-state index < -0.39 is 5.41 Å². The predicted octanol–water partition coefficient (Wildman–Crippen LogP) is 4.00. The predicted molar refractivity (Wildman–Crippen MR) is 120 cm³/mol. The van der Waals surface area contributed by atoms with Crippen molar-refractivity contribution >= 4 is 11.8 Å². The second-order valence-corrected chi connectivity index (χ2v) is 9.89. The molecule has 4 bridgehead atoms. The Balaban J connectivity index is 1.32. The van der Waals surface area contributed by atoms with E-state index in [1.807, 2.05) is 12.1 Å². The average Bonchev–Trinajstić information content (AvgIpc) is 2.81. The number of rotatable bonds is 5. The number of hydrogen-bond acceptors (Lipinski definition) is 4. The standard InChI is InChI=1S/C26H30N2O4/c1-31-21-7-3-19(4-8-21)23(29)27-28-24(30)26-14-17-11-18(15-26)13-25(12-17,16-26)20-5-9-22(32-2)10-6-20/h3-10,17-18H,11-16H2,1-2H3,(H,27,29)(H,28,30). The van der Waals surface area contributed by atoms with Crippen LogP contribution >= 0.6 is 0 Å². The first-order chi connectivity index (χ1) is 15.4. The van der Waals surface area contributed by atoms with Crippen LogP contribution in [0.5, 0.6) is 11.5 Å². The van der Waals surface area contributed by atoms with E-state index in [0.717, 1.165) is 37.9 Å². The third kappa shape index (κ3) is 3.51. The zero-order chi connectivity index (χ0) is 22.3. The molecule has 32 heavy (non-hydrogen) atoms. The molecule has 4 saturated carbocycles. The molecular formula is C26H30N2O4. The van der Waals surface area contributed by atoms with Crippen molar-refractivity contribution in [3.8, 4) is 11.5 Å². The highest BCUT2D eigenvalue weighted by Gasteiger charge is 2.61. The SMILES string of the molecule is COc1ccc(C(=O)NNC(=O)C23CC4CC(C2)CC(c2ccc(OC)cc2)(C4)C3)cc1. The van der Waals surface area contributed by atoms with Gasteiger partial charge in [-0.15, -0.1) is 0 Å². The van der Waals surface area contributed by atoms with Gasteiger partial charge in [0.15, 0.2) is 0 Å². The fourth-order valence-electron chi connectivity index (χ4n) is 6.87. The molecule has 168 valence electrons. The van der Waals surface area contributed by atoms with Crippen LogP contribution in [0, 0.1) is 17.3 Å². The number of ether oxygens (including phenoxy) is 2. The summed E-state index contributed by atoms with van der Waals surface area (Å²) in [5.41, 5.74) is 6.80. The minimum Gasteiger partial charge on any atom is -0.497 e. The minimum absolute atomic E-state index is 0.0354. The van der Waals surface area contributed by atoms with Gasteiger partial charge in [0.25, 0.3) is 5.91 Å². The van der Waals surface area contributed by atoms with Crippen molar-refractivity contribution in [2.24, 2.45) is 17.3 Å². The van der Waals surface area contributed by atoms with Gasteiger partial charge in [-0.2, -0.15) is 0 Å². The minimum atomic E-state index is -0.419. The van der Waals surface area contributed by atoms with Crippen molar-refractivity contribution in [3.05, 3.63) is 59.7 Å². The quantitative estimate of drug-likeness (QED) is 0.698. The van der Waals surface area contributed by atoms with E-state index in [1.165, 1.54) is 12.0 Å². The third-order valence-electron chi connectivity index (χ3n) is 7.89. The highest BCUT2D eigenvalue weighted by Crippen LogP contribution is 2.65. The van der Waals surface area contributed by atoms with Gasteiger partial charge in [-0.3, -0.25) is 20.4 Å². The maximum Gasteiger partial charge on any atom is 0.269 e. The molecule has 6 heteroatoms. The highest BCUT2D eigenvalue weighted by atomic mass is 16.5. The average molecular weight is 435 g/mol. The first kappa shape index (κ1) is 20.9. The van der Waals surface area contributed by atoms with Gasteiger partial charge in [-0.25, -0.2) is 0 Å². The Bertz CT molecular complexity index is 1000. The van der Waals surface area contributed by atoms with E-state index in [9.17, 15) is 9.59 Å². The van der Waals surface area contributed by atoms with Crippen molar-refractivity contribution in [2.75, 3.05) is 14.2 Å². The largest absolute Gasteiger partial charge is 0.497 e. The maximum absolute atomic E-state index is 13.4. The molecule has 2 aromatic carbocycles. The molecule has 2 N–H and O–H groups in total. The lowest BCUT2D eigenvalue weighted by atomic mass is 9.42. The van der Waals surface area contributed by atoms with Crippen LogP contribution in [0.1, 0.15) is 54.4 Å². The second kappa shape index (κ2) is 7.84. The molecule has 0 radical (unpaired) electrons. The van der Waals surface area contributed by atoms with Crippen LogP contribution in [0.4, 0.5) is 0 Å². The Kier molecular flexibility index (Phi) is 5.11. The lowest BCUT2D eigenvalue weighted by molar-refractivity contribution is -0.149. The van der Waals surface area contributed by atoms with Gasteiger partial charge in [0.1, 0.15) is 11.5 Å². The van der Waals surface area contributed by atoms with Crippen molar-refractivity contribution in [1.82, 2.24) is 10.9 Å².